The van der Waals surface area contributed by atoms with E-state index in [1.807, 2.05) is 24.3 Å². The first-order valence-corrected chi connectivity index (χ1v) is 6.08. The second-order valence-corrected chi connectivity index (χ2v) is 5.42. The molecule has 86 valence electrons. The highest BCUT2D eigenvalue weighted by molar-refractivity contribution is 7.16. The van der Waals surface area contributed by atoms with E-state index in [9.17, 15) is 0 Å². The number of anilines is 1. The van der Waals surface area contributed by atoms with E-state index >= 15 is 0 Å². The van der Waals surface area contributed by atoms with Crippen LogP contribution in [0.1, 0.15) is 30.0 Å². The van der Waals surface area contributed by atoms with Gasteiger partial charge in [0, 0.05) is 16.5 Å². The number of nitrogens with zero attached hydrogens (tertiary/aromatic N) is 2. The molecule has 17 heavy (non-hydrogen) atoms. The standard InChI is InChI=1S/C13H13N3S/c1-13(2,10-5-3-4-6-16-10)11-7-9(8-14)12(15)17-11/h3-7H,15H2,1-2H3. The molecule has 2 heterocycles. The Morgan fingerprint density at radius 2 is 2.18 bits per heavy atom. The van der Waals surface area contributed by atoms with Gasteiger partial charge in [-0.05, 0) is 32.0 Å². The fourth-order valence-corrected chi connectivity index (χ4v) is 2.65. The number of nitrogens with two attached hydrogens (primary N) is 1. The van der Waals surface area contributed by atoms with Gasteiger partial charge in [-0.25, -0.2) is 0 Å². The molecule has 0 atom stereocenters. The van der Waals surface area contributed by atoms with Crippen molar-refractivity contribution in [3.8, 4) is 6.07 Å². The van der Waals surface area contributed by atoms with E-state index in [0.717, 1.165) is 10.6 Å². The molecule has 0 aliphatic rings. The fraction of sp³-hybridized carbons (Fsp3) is 0.231. The van der Waals surface area contributed by atoms with Crippen molar-refractivity contribution in [3.05, 3.63) is 46.6 Å². The van der Waals surface area contributed by atoms with Gasteiger partial charge in [0.05, 0.1) is 11.3 Å². The Morgan fingerprint density at radius 1 is 1.41 bits per heavy atom. The molecule has 0 saturated heterocycles. The van der Waals surface area contributed by atoms with Gasteiger partial charge < -0.3 is 5.73 Å². The summed E-state index contributed by atoms with van der Waals surface area (Å²) in [5.41, 5.74) is 7.10. The van der Waals surface area contributed by atoms with Crippen molar-refractivity contribution in [1.82, 2.24) is 4.98 Å². The zero-order valence-electron chi connectivity index (χ0n) is 9.77. The average molecular weight is 243 g/mol. The van der Waals surface area contributed by atoms with Gasteiger partial charge in [0.2, 0.25) is 0 Å². The summed E-state index contributed by atoms with van der Waals surface area (Å²) in [6, 6.07) is 9.80. The van der Waals surface area contributed by atoms with Crippen molar-refractivity contribution in [2.24, 2.45) is 0 Å². The van der Waals surface area contributed by atoms with Crippen LogP contribution in [0.2, 0.25) is 0 Å². The average Bonchev–Trinajstić information content (AvgIpc) is 2.72. The molecule has 0 amide bonds. The van der Waals surface area contributed by atoms with Crippen LogP contribution in [0.15, 0.2) is 30.5 Å². The molecule has 0 unspecified atom stereocenters. The summed E-state index contributed by atoms with van der Waals surface area (Å²) in [6.45, 7) is 4.17. The highest BCUT2D eigenvalue weighted by Crippen LogP contribution is 2.37. The number of pyridine rings is 1. The van der Waals surface area contributed by atoms with Crippen LogP contribution in [-0.4, -0.2) is 4.98 Å². The number of aromatic nitrogens is 1. The molecular formula is C13H13N3S. The van der Waals surface area contributed by atoms with Crippen LogP contribution in [-0.2, 0) is 5.41 Å². The van der Waals surface area contributed by atoms with E-state index in [1.54, 1.807) is 6.20 Å². The summed E-state index contributed by atoms with van der Waals surface area (Å²) in [6.07, 6.45) is 1.78. The molecule has 3 nitrogen and oxygen atoms in total. The molecule has 4 heteroatoms. The first-order valence-electron chi connectivity index (χ1n) is 5.27. The quantitative estimate of drug-likeness (QED) is 0.882. The van der Waals surface area contributed by atoms with Crippen LogP contribution in [0.25, 0.3) is 0 Å². The number of hydrogen-bond donors (Lipinski definition) is 1. The second-order valence-electron chi connectivity index (χ2n) is 4.34. The molecule has 2 aromatic rings. The molecule has 2 aromatic heterocycles. The smallest absolute Gasteiger partial charge is 0.104 e. The minimum Gasteiger partial charge on any atom is -0.389 e. The molecular weight excluding hydrogens is 230 g/mol. The van der Waals surface area contributed by atoms with Crippen molar-refractivity contribution < 1.29 is 0 Å². The van der Waals surface area contributed by atoms with Gasteiger partial charge in [-0.2, -0.15) is 5.26 Å². The third kappa shape index (κ3) is 2.02. The Labute approximate surface area is 105 Å². The predicted molar refractivity (Wildman–Crippen MR) is 69.8 cm³/mol. The number of nitriles is 1. The zero-order valence-corrected chi connectivity index (χ0v) is 10.6. The lowest BCUT2D eigenvalue weighted by Gasteiger charge is -2.22. The van der Waals surface area contributed by atoms with Gasteiger partial charge in [0.15, 0.2) is 0 Å². The number of hydrogen-bond acceptors (Lipinski definition) is 4. The highest BCUT2D eigenvalue weighted by Gasteiger charge is 2.27. The largest absolute Gasteiger partial charge is 0.389 e. The Bertz CT molecular complexity index is 564. The van der Waals surface area contributed by atoms with Gasteiger partial charge in [-0.15, -0.1) is 11.3 Å². The Hall–Kier alpha value is -1.86. The van der Waals surface area contributed by atoms with E-state index in [2.05, 4.69) is 24.9 Å². The van der Waals surface area contributed by atoms with Gasteiger partial charge >= 0.3 is 0 Å². The molecule has 2 rings (SSSR count). The Morgan fingerprint density at radius 3 is 2.71 bits per heavy atom. The fourth-order valence-electron chi connectivity index (χ4n) is 1.66. The summed E-state index contributed by atoms with van der Waals surface area (Å²) < 4.78 is 0. The van der Waals surface area contributed by atoms with Gasteiger partial charge in [-0.3, -0.25) is 4.98 Å². The first-order chi connectivity index (χ1) is 8.05. The third-order valence-corrected chi connectivity index (χ3v) is 4.09. The minimum absolute atomic E-state index is 0.227. The van der Waals surface area contributed by atoms with Crippen molar-refractivity contribution in [2.75, 3.05) is 5.73 Å². The Kier molecular flexibility index (Phi) is 2.86. The molecule has 0 aromatic carbocycles. The first kappa shape index (κ1) is 11.6. The molecule has 0 aliphatic heterocycles. The molecule has 0 fully saturated rings. The van der Waals surface area contributed by atoms with Crippen LogP contribution in [0.3, 0.4) is 0 Å². The summed E-state index contributed by atoms with van der Waals surface area (Å²) >= 11 is 1.46. The van der Waals surface area contributed by atoms with Gasteiger partial charge in [0.1, 0.15) is 11.1 Å². The molecule has 0 radical (unpaired) electrons. The summed E-state index contributed by atoms with van der Waals surface area (Å²) in [7, 11) is 0. The maximum Gasteiger partial charge on any atom is 0.104 e. The van der Waals surface area contributed by atoms with Crippen molar-refractivity contribution in [1.29, 1.82) is 5.26 Å². The molecule has 0 aliphatic carbocycles. The minimum atomic E-state index is -0.227. The maximum absolute atomic E-state index is 8.93. The van der Waals surface area contributed by atoms with Crippen molar-refractivity contribution >= 4 is 16.3 Å². The summed E-state index contributed by atoms with van der Waals surface area (Å²) in [5.74, 6) is 0. The van der Waals surface area contributed by atoms with Gasteiger partial charge in [0.25, 0.3) is 0 Å². The number of thiophene rings is 1. The number of nitrogen functional groups attached to an aromatic ring is 1. The van der Waals surface area contributed by atoms with Crippen molar-refractivity contribution in [2.45, 2.75) is 19.3 Å². The maximum atomic E-state index is 8.93. The monoisotopic (exact) mass is 243 g/mol. The third-order valence-electron chi connectivity index (χ3n) is 2.80. The predicted octanol–water partition coefficient (Wildman–Crippen LogP) is 2.92. The molecule has 0 bridgehead atoms. The van der Waals surface area contributed by atoms with E-state index in [1.165, 1.54) is 11.3 Å². The van der Waals surface area contributed by atoms with Crippen molar-refractivity contribution in [3.63, 3.8) is 0 Å². The lowest BCUT2D eigenvalue weighted by atomic mass is 9.87. The van der Waals surface area contributed by atoms with E-state index < -0.39 is 0 Å². The van der Waals surface area contributed by atoms with E-state index in [0.29, 0.717) is 10.6 Å². The lowest BCUT2D eigenvalue weighted by Crippen LogP contribution is -2.18. The second kappa shape index (κ2) is 4.19. The SMILES string of the molecule is CC(C)(c1ccccn1)c1cc(C#N)c(N)s1. The lowest BCUT2D eigenvalue weighted by molar-refractivity contribution is 0.630. The van der Waals surface area contributed by atoms with Gasteiger partial charge in [-0.1, -0.05) is 6.07 Å². The molecule has 2 N–H and O–H groups in total. The number of rotatable bonds is 2. The molecule has 0 spiro atoms. The highest BCUT2D eigenvalue weighted by atomic mass is 32.1. The van der Waals surface area contributed by atoms with E-state index in [-0.39, 0.29) is 5.41 Å². The van der Waals surface area contributed by atoms with Crippen LogP contribution >= 0.6 is 11.3 Å². The Balaban J connectivity index is 2.49. The van der Waals surface area contributed by atoms with E-state index in [4.69, 9.17) is 11.0 Å². The topological polar surface area (TPSA) is 62.7 Å². The van der Waals surface area contributed by atoms with Crippen LogP contribution in [0, 0.1) is 11.3 Å². The van der Waals surface area contributed by atoms with Crippen LogP contribution in [0.4, 0.5) is 5.00 Å². The van der Waals surface area contributed by atoms with Crippen LogP contribution in [0.5, 0.6) is 0 Å². The van der Waals surface area contributed by atoms with Crippen LogP contribution < -0.4 is 5.73 Å². The molecule has 0 saturated carbocycles. The normalized spacial score (nSPS) is 11.1. The summed E-state index contributed by atoms with van der Waals surface area (Å²) in [5, 5.41) is 9.50. The zero-order chi connectivity index (χ0) is 12.5. The summed E-state index contributed by atoms with van der Waals surface area (Å²) in [4.78, 5) is 5.43.